The van der Waals surface area contributed by atoms with Crippen LogP contribution in [-0.2, 0) is 35.4 Å². The van der Waals surface area contributed by atoms with Crippen molar-refractivity contribution < 1.29 is 66.5 Å². The Morgan fingerprint density at radius 2 is 2.07 bits per heavy atom. The Balaban J connectivity index is 0.00000461. The molecule has 2 saturated heterocycles. The fourth-order valence-electron chi connectivity index (χ4n) is 4.78. The molecule has 18 heteroatoms. The minimum absolute atomic E-state index is 0. The molecule has 3 N–H and O–H groups in total. The first kappa shape index (κ1) is 34.5. The molecule has 0 bridgehead atoms. The number of halogens is 2. The average molecular weight is 776 g/mol. The van der Waals surface area contributed by atoms with Crippen LogP contribution in [0.4, 0.5) is 9.52 Å². The van der Waals surface area contributed by atoms with Gasteiger partial charge in [0.05, 0.1) is 21.2 Å². The number of nitrogens with two attached hydrogens (primary N) is 1. The zero-order valence-electron chi connectivity index (χ0n) is 24.5. The number of quaternary nitrogens is 1. The maximum atomic E-state index is 13.5. The third kappa shape index (κ3) is 7.91. The molecule has 5 rings (SSSR count). The number of nitrogens with zero attached hydrogens (tertiary/aromatic N) is 5. The number of benzene rings is 1. The number of oxime groups is 1. The Hall–Kier alpha value is -3.33. The largest absolute Gasteiger partial charge is 1.00 e. The van der Waals surface area contributed by atoms with Gasteiger partial charge in [-0.3, -0.25) is 14.5 Å². The molecule has 1 aromatic carbocycles. The van der Waals surface area contributed by atoms with Gasteiger partial charge in [0.15, 0.2) is 5.13 Å². The number of aromatic nitrogens is 2. The number of amides is 2. The van der Waals surface area contributed by atoms with Gasteiger partial charge in [-0.25, -0.2) is 9.18 Å². The third-order valence-electron chi connectivity index (χ3n) is 6.96. The van der Waals surface area contributed by atoms with Crippen molar-refractivity contribution in [3.8, 4) is 5.75 Å². The number of carbonyl (C=O) groups excluding carboxylic acids is 3. The van der Waals surface area contributed by atoms with Gasteiger partial charge in [-0.2, -0.15) is 18.8 Å². The number of alkyl halides is 1. The second kappa shape index (κ2) is 14.8. The number of hydroxylamine groups is 3. The number of thioether (sulfide) groups is 1. The highest BCUT2D eigenvalue weighted by atomic mass is 127. The van der Waals surface area contributed by atoms with Gasteiger partial charge in [0.25, 0.3) is 18.7 Å². The van der Waals surface area contributed by atoms with Gasteiger partial charge in [-0.1, -0.05) is 23.4 Å². The van der Waals surface area contributed by atoms with Crippen LogP contribution in [0.5, 0.6) is 5.75 Å². The number of hydrogen-bond donors (Lipinski definition) is 2. The monoisotopic (exact) mass is 775 g/mol. The lowest BCUT2D eigenvalue weighted by Crippen LogP contribution is -3.00. The number of methoxy groups -OCH3 is 1. The van der Waals surface area contributed by atoms with Crippen LogP contribution in [0.1, 0.15) is 17.8 Å². The van der Waals surface area contributed by atoms with Crippen LogP contribution in [0.25, 0.3) is 0 Å². The van der Waals surface area contributed by atoms with Gasteiger partial charge in [-0.15, -0.1) is 11.8 Å². The summed E-state index contributed by atoms with van der Waals surface area (Å²) in [5.74, 6) is -1.25. The number of anilines is 1. The zero-order valence-corrected chi connectivity index (χ0v) is 28.3. The normalized spacial score (nSPS) is 22.4. The van der Waals surface area contributed by atoms with Gasteiger partial charge in [0.1, 0.15) is 42.1 Å². The fourth-order valence-corrected chi connectivity index (χ4v) is 6.53. The molecule has 2 aromatic rings. The average Bonchev–Trinajstić information content (AvgIpc) is 3.61. The predicted molar refractivity (Wildman–Crippen MR) is 158 cm³/mol. The van der Waals surface area contributed by atoms with Gasteiger partial charge in [-0.05, 0) is 29.3 Å². The molecule has 2 amide bonds. The van der Waals surface area contributed by atoms with Gasteiger partial charge < -0.3 is 49.3 Å². The van der Waals surface area contributed by atoms with Crippen LogP contribution in [0.2, 0.25) is 0 Å². The highest BCUT2D eigenvalue weighted by molar-refractivity contribution is 8.00. The van der Waals surface area contributed by atoms with Crippen LogP contribution in [0.15, 0.2) is 52.8 Å². The number of carbonyl (C=O) groups is 3. The van der Waals surface area contributed by atoms with E-state index in [-0.39, 0.29) is 53.3 Å². The van der Waals surface area contributed by atoms with Crippen molar-refractivity contribution in [2.75, 3.05) is 46.1 Å². The molecule has 0 radical (unpaired) electrons. The van der Waals surface area contributed by atoms with E-state index in [4.69, 9.17) is 20.0 Å². The number of hydrogen-bond acceptors (Lipinski definition) is 13. The molecule has 14 nitrogen and oxygen atoms in total. The molecular weight excluding hydrogens is 744 g/mol. The summed E-state index contributed by atoms with van der Waals surface area (Å²) in [6, 6.07) is 6.03. The number of ether oxygens (including phenoxy) is 2. The zero-order chi connectivity index (χ0) is 31.4. The number of fused-ring (bicyclic) bond motifs is 1. The number of allylic oxidation sites excluding steroid dienone is 1. The Kier molecular flexibility index (Phi) is 11.4. The summed E-state index contributed by atoms with van der Waals surface area (Å²) in [5.41, 5.74) is 6.58. The highest BCUT2D eigenvalue weighted by Crippen LogP contribution is 2.41. The predicted octanol–water partition coefficient (Wildman–Crippen LogP) is -1.49. The molecule has 3 aliphatic heterocycles. The molecule has 3 atom stereocenters. The lowest BCUT2D eigenvalue weighted by molar-refractivity contribution is -1.06. The summed E-state index contributed by atoms with van der Waals surface area (Å²) in [4.78, 5) is 55.7. The number of esters is 1. The maximum absolute atomic E-state index is 13.5. The van der Waals surface area contributed by atoms with Crippen molar-refractivity contribution in [2.24, 2.45) is 5.16 Å². The Labute approximate surface area is 283 Å². The molecule has 0 aliphatic carbocycles. The quantitative estimate of drug-likeness (QED) is 0.0683. The molecule has 4 heterocycles. The molecule has 2 fully saturated rings. The maximum Gasteiger partial charge on any atom is 0.355 e. The summed E-state index contributed by atoms with van der Waals surface area (Å²) < 4.78 is 27.8. The van der Waals surface area contributed by atoms with E-state index in [2.05, 4.69) is 24.7 Å². The standard InChI is InChI=1S/C27H30FN7O7S2.HI/c1-35(2)11-10-18(42-35)9-6-16-13-43-25-20(30-23(36)19(32-41-14-28)22-31-27(29)44-33-22)24(37)34(25)21(16)26(38)40-12-15-4-7-17(39-3)8-5-15;/h4-9,18,20,25H,10-14H2,1-3H3,(H2-,29,30,31,33,36);1H/b9-6+,32-19-;/t18?,20-,25-;/m1./s1. The molecule has 3 aliphatic rings. The first-order valence-electron chi connectivity index (χ1n) is 13.4. The molecule has 45 heavy (non-hydrogen) atoms. The number of rotatable bonds is 11. The van der Waals surface area contributed by atoms with E-state index in [0.717, 1.165) is 30.1 Å². The summed E-state index contributed by atoms with van der Waals surface area (Å²) in [7, 11) is 5.48. The first-order valence-corrected chi connectivity index (χ1v) is 15.3. The topological polar surface area (TPSA) is 168 Å². The van der Waals surface area contributed by atoms with E-state index >= 15 is 0 Å². The molecule has 0 saturated carbocycles. The Morgan fingerprint density at radius 3 is 2.69 bits per heavy atom. The van der Waals surface area contributed by atoms with Crippen LogP contribution in [0, 0.1) is 0 Å². The molecule has 242 valence electrons. The number of nitrogen functional groups attached to an aromatic ring is 1. The lowest BCUT2D eigenvalue weighted by atomic mass is 10.0. The summed E-state index contributed by atoms with van der Waals surface area (Å²) in [5, 5.41) is 5.49. The molecule has 1 unspecified atom stereocenters. The van der Waals surface area contributed by atoms with Crippen molar-refractivity contribution in [1.82, 2.24) is 19.6 Å². The minimum atomic E-state index is -1.30. The van der Waals surface area contributed by atoms with Gasteiger partial charge in [0.2, 0.25) is 11.5 Å². The van der Waals surface area contributed by atoms with E-state index in [1.807, 2.05) is 20.2 Å². The van der Waals surface area contributed by atoms with Crippen molar-refractivity contribution >= 4 is 51.9 Å². The van der Waals surface area contributed by atoms with E-state index < -0.39 is 41.8 Å². The third-order valence-corrected chi connectivity index (χ3v) is 8.81. The van der Waals surface area contributed by atoms with Crippen molar-refractivity contribution in [3.05, 3.63) is 59.1 Å². The van der Waals surface area contributed by atoms with Crippen molar-refractivity contribution in [1.29, 1.82) is 0 Å². The van der Waals surface area contributed by atoms with E-state index in [0.29, 0.717) is 21.7 Å². The van der Waals surface area contributed by atoms with Crippen molar-refractivity contribution in [2.45, 2.75) is 30.5 Å². The lowest BCUT2D eigenvalue weighted by Gasteiger charge is -2.49. The molecule has 1 aromatic heterocycles. The van der Waals surface area contributed by atoms with E-state index in [1.54, 1.807) is 37.5 Å². The van der Waals surface area contributed by atoms with Crippen LogP contribution >= 0.6 is 23.3 Å². The Morgan fingerprint density at radius 1 is 1.31 bits per heavy atom. The minimum Gasteiger partial charge on any atom is -1.00 e. The van der Waals surface area contributed by atoms with E-state index in [1.165, 1.54) is 16.7 Å². The second-order valence-corrected chi connectivity index (χ2v) is 12.3. The molecule has 0 spiro atoms. The van der Waals surface area contributed by atoms with Crippen LogP contribution in [0.3, 0.4) is 0 Å². The SMILES string of the molecule is COc1ccc(COC(=O)C2=C(/C=C/C3CC[N+](C)(C)O3)CS[C@@H]3[C@H](NC(=O)/C(=N\OCF)c4nsc(N)n4)C(=O)N23)cc1.[I-]. The van der Waals surface area contributed by atoms with Gasteiger partial charge in [0, 0.05) is 23.7 Å². The summed E-state index contributed by atoms with van der Waals surface area (Å²) >= 11 is 2.17. The smallest absolute Gasteiger partial charge is 0.355 e. The number of β-lactam (4-membered cyclic amide) rings is 1. The van der Waals surface area contributed by atoms with Crippen LogP contribution < -0.4 is 39.8 Å². The summed E-state index contributed by atoms with van der Waals surface area (Å²) in [6.45, 7) is -0.492. The second-order valence-electron chi connectivity index (χ2n) is 10.4. The highest BCUT2D eigenvalue weighted by Gasteiger charge is 2.54. The van der Waals surface area contributed by atoms with Crippen molar-refractivity contribution in [3.63, 3.8) is 0 Å². The van der Waals surface area contributed by atoms with E-state index in [9.17, 15) is 18.8 Å². The van der Waals surface area contributed by atoms with Gasteiger partial charge >= 0.3 is 5.97 Å². The number of nitrogens with one attached hydrogen (secondary N) is 1. The Bertz CT molecular complexity index is 1520. The fraction of sp³-hybridized carbons (Fsp3) is 0.407. The summed E-state index contributed by atoms with van der Waals surface area (Å²) in [6.07, 6.45) is 4.31. The van der Waals surface area contributed by atoms with Crippen LogP contribution in [-0.4, -0.2) is 100 Å². The first-order chi connectivity index (χ1) is 21.1. The molecular formula is C27H31FIN7O7S2.